The lowest BCUT2D eigenvalue weighted by Gasteiger charge is -2.19. The topological polar surface area (TPSA) is 52.6 Å². The fourth-order valence-corrected chi connectivity index (χ4v) is 3.97. The van der Waals surface area contributed by atoms with E-state index in [1.54, 1.807) is 36.4 Å². The van der Waals surface area contributed by atoms with Crippen LogP contribution >= 0.6 is 0 Å². The molecule has 0 aliphatic carbocycles. The van der Waals surface area contributed by atoms with Crippen molar-refractivity contribution in [2.75, 3.05) is 0 Å². The molecule has 0 spiro atoms. The maximum Gasteiger partial charge on any atom is 0.343 e. The first kappa shape index (κ1) is 25.2. The number of carbonyl (C=O) groups is 2. The maximum atomic E-state index is 13.0. The van der Waals surface area contributed by atoms with Crippen molar-refractivity contribution >= 4 is 22.7 Å². The molecule has 0 saturated heterocycles. The lowest BCUT2D eigenvalue weighted by molar-refractivity contribution is 0.0735. The van der Waals surface area contributed by atoms with Crippen LogP contribution in [0.2, 0.25) is 0 Å². The van der Waals surface area contributed by atoms with Gasteiger partial charge in [0, 0.05) is 0 Å². The highest BCUT2D eigenvalue weighted by molar-refractivity contribution is 6.00. The molecule has 0 aromatic heterocycles. The van der Waals surface area contributed by atoms with Gasteiger partial charge in [-0.15, -0.1) is 0 Å². The number of benzene rings is 4. The lowest BCUT2D eigenvalue weighted by Crippen LogP contribution is -2.14. The molecule has 0 heterocycles. The Morgan fingerprint density at radius 1 is 0.528 bits per heavy atom. The largest absolute Gasteiger partial charge is 0.422 e. The second-order valence-corrected chi connectivity index (χ2v) is 11.0. The van der Waals surface area contributed by atoms with Crippen LogP contribution in [0.4, 0.5) is 0 Å². The number of hydrogen-bond acceptors (Lipinski definition) is 4. The predicted octanol–water partition coefficient (Wildman–Crippen LogP) is 7.87. The molecule has 0 unspecified atom stereocenters. The summed E-state index contributed by atoms with van der Waals surface area (Å²) >= 11 is 0. The lowest BCUT2D eigenvalue weighted by atomic mass is 9.87. The van der Waals surface area contributed by atoms with E-state index >= 15 is 0 Å². The Morgan fingerprint density at radius 3 is 1.22 bits per heavy atom. The Hall–Kier alpha value is -3.92. The number of rotatable bonds is 4. The highest BCUT2D eigenvalue weighted by atomic mass is 16.5. The fourth-order valence-electron chi connectivity index (χ4n) is 3.97. The van der Waals surface area contributed by atoms with Crippen LogP contribution in [0.1, 0.15) is 73.4 Å². The van der Waals surface area contributed by atoms with Crippen LogP contribution in [0.15, 0.2) is 84.9 Å². The average molecular weight is 481 g/mol. The fraction of sp³-hybridized carbons (Fsp3) is 0.250. The Bertz CT molecular complexity index is 1290. The van der Waals surface area contributed by atoms with Crippen LogP contribution in [0.3, 0.4) is 0 Å². The van der Waals surface area contributed by atoms with Crippen LogP contribution < -0.4 is 9.47 Å². The van der Waals surface area contributed by atoms with E-state index < -0.39 is 11.9 Å². The zero-order valence-corrected chi connectivity index (χ0v) is 21.7. The number of carbonyl (C=O) groups excluding carboxylic acids is 2. The minimum Gasteiger partial charge on any atom is -0.422 e. The minimum atomic E-state index is -0.471. The van der Waals surface area contributed by atoms with Crippen LogP contribution in [0.5, 0.6) is 11.5 Å². The molecule has 0 aliphatic rings. The first-order valence-electron chi connectivity index (χ1n) is 12.1. The summed E-state index contributed by atoms with van der Waals surface area (Å²) in [5.74, 6) is -0.267. The van der Waals surface area contributed by atoms with E-state index in [4.69, 9.17) is 9.47 Å². The van der Waals surface area contributed by atoms with Crippen LogP contribution in [-0.2, 0) is 10.8 Å². The number of hydrogen-bond donors (Lipinski definition) is 0. The van der Waals surface area contributed by atoms with Crippen molar-refractivity contribution in [3.05, 3.63) is 107 Å². The highest BCUT2D eigenvalue weighted by Crippen LogP contribution is 2.35. The normalized spacial score (nSPS) is 11.8. The molecule has 0 radical (unpaired) electrons. The minimum absolute atomic E-state index is 0.0100. The molecule has 0 bridgehead atoms. The molecule has 4 heteroatoms. The zero-order valence-electron chi connectivity index (χ0n) is 21.7. The summed E-state index contributed by atoms with van der Waals surface area (Å²) < 4.78 is 11.6. The van der Waals surface area contributed by atoms with Gasteiger partial charge < -0.3 is 9.47 Å². The molecule has 4 rings (SSSR count). The van der Waals surface area contributed by atoms with Gasteiger partial charge in [-0.1, -0.05) is 90.1 Å². The molecule has 4 aromatic rings. The van der Waals surface area contributed by atoms with Crippen molar-refractivity contribution < 1.29 is 19.1 Å². The molecule has 0 saturated carbocycles. The third-order valence-corrected chi connectivity index (χ3v) is 6.21. The van der Waals surface area contributed by atoms with Gasteiger partial charge in [-0.05, 0) is 63.7 Å². The molecule has 0 aliphatic heterocycles. The van der Waals surface area contributed by atoms with Gasteiger partial charge in [-0.2, -0.15) is 0 Å². The van der Waals surface area contributed by atoms with Crippen LogP contribution in [-0.4, -0.2) is 11.9 Å². The Balaban J connectivity index is 1.61. The summed E-state index contributed by atoms with van der Waals surface area (Å²) in [7, 11) is 0. The van der Waals surface area contributed by atoms with Crippen molar-refractivity contribution in [1.82, 2.24) is 0 Å². The average Bonchev–Trinajstić information content (AvgIpc) is 2.83. The molecule has 184 valence electrons. The van der Waals surface area contributed by atoms with E-state index in [-0.39, 0.29) is 10.8 Å². The van der Waals surface area contributed by atoms with Gasteiger partial charge >= 0.3 is 11.9 Å². The second-order valence-electron chi connectivity index (χ2n) is 11.0. The number of fused-ring (bicyclic) bond motifs is 1. The van der Waals surface area contributed by atoms with Crippen LogP contribution in [0, 0.1) is 0 Å². The first-order chi connectivity index (χ1) is 16.9. The number of esters is 2. The van der Waals surface area contributed by atoms with Crippen LogP contribution in [0.25, 0.3) is 10.8 Å². The summed E-state index contributed by atoms with van der Waals surface area (Å²) in [6.07, 6.45) is 0. The van der Waals surface area contributed by atoms with E-state index in [0.29, 0.717) is 28.0 Å². The van der Waals surface area contributed by atoms with E-state index in [1.165, 1.54) is 0 Å². The predicted molar refractivity (Wildman–Crippen MR) is 144 cm³/mol. The van der Waals surface area contributed by atoms with Gasteiger partial charge in [0.25, 0.3) is 0 Å². The van der Waals surface area contributed by atoms with Crippen molar-refractivity contribution in [2.24, 2.45) is 0 Å². The molecule has 0 N–H and O–H groups in total. The molecule has 0 fully saturated rings. The quantitative estimate of drug-likeness (QED) is 0.220. The van der Waals surface area contributed by atoms with E-state index in [9.17, 15) is 9.59 Å². The zero-order chi connectivity index (χ0) is 26.1. The number of ether oxygens (including phenoxy) is 2. The molecule has 4 nitrogen and oxygen atoms in total. The smallest absolute Gasteiger partial charge is 0.343 e. The van der Waals surface area contributed by atoms with Gasteiger partial charge in [0.1, 0.15) is 11.5 Å². The summed E-state index contributed by atoms with van der Waals surface area (Å²) in [6.45, 7) is 12.7. The first-order valence-corrected chi connectivity index (χ1v) is 12.1. The van der Waals surface area contributed by atoms with Gasteiger partial charge in [0.2, 0.25) is 0 Å². The molecule has 0 amide bonds. The van der Waals surface area contributed by atoms with Gasteiger partial charge in [0.15, 0.2) is 0 Å². The molecule has 36 heavy (non-hydrogen) atoms. The second kappa shape index (κ2) is 9.62. The summed E-state index contributed by atoms with van der Waals surface area (Å²) in [5.41, 5.74) is 3.15. The summed E-state index contributed by atoms with van der Waals surface area (Å²) in [5, 5.41) is 1.37. The van der Waals surface area contributed by atoms with Crippen molar-refractivity contribution in [3.8, 4) is 11.5 Å². The monoisotopic (exact) mass is 480 g/mol. The van der Waals surface area contributed by atoms with E-state index in [1.807, 2.05) is 48.5 Å². The molecule has 4 aromatic carbocycles. The van der Waals surface area contributed by atoms with Gasteiger partial charge in [-0.3, -0.25) is 0 Å². The van der Waals surface area contributed by atoms with Crippen molar-refractivity contribution in [2.45, 2.75) is 52.4 Å². The van der Waals surface area contributed by atoms with E-state index in [2.05, 4.69) is 41.5 Å². The highest BCUT2D eigenvalue weighted by Gasteiger charge is 2.19. The Kier molecular flexibility index (Phi) is 6.73. The van der Waals surface area contributed by atoms with Crippen molar-refractivity contribution in [3.63, 3.8) is 0 Å². The maximum absolute atomic E-state index is 13.0. The standard InChI is InChI=1S/C32H32O4/c1-31(2,3)24-17-13-22(14-18-24)29(33)35-26-11-7-9-21-10-8-12-27(28(21)26)36-30(34)23-15-19-25(20-16-23)32(4,5)6/h7-20H,1-6H3. The molecular formula is C32H32O4. The molecule has 0 atom stereocenters. The third kappa shape index (κ3) is 5.49. The van der Waals surface area contributed by atoms with Gasteiger partial charge in [0.05, 0.1) is 16.5 Å². The summed E-state index contributed by atoms with van der Waals surface area (Å²) in [4.78, 5) is 25.9. The summed E-state index contributed by atoms with van der Waals surface area (Å²) in [6, 6.07) is 25.7. The van der Waals surface area contributed by atoms with Crippen molar-refractivity contribution in [1.29, 1.82) is 0 Å². The molecular weight excluding hydrogens is 448 g/mol. The van der Waals surface area contributed by atoms with E-state index in [0.717, 1.165) is 16.5 Å². The SMILES string of the molecule is CC(C)(C)c1ccc(C(=O)Oc2cccc3cccc(OC(=O)c4ccc(C(C)(C)C)cc4)c23)cc1. The Morgan fingerprint density at radius 2 is 0.889 bits per heavy atom. The third-order valence-electron chi connectivity index (χ3n) is 6.21. The van der Waals surface area contributed by atoms with Gasteiger partial charge in [-0.25, -0.2) is 9.59 Å². The Labute approximate surface area is 212 Å².